The Morgan fingerprint density at radius 3 is 2.80 bits per heavy atom. The lowest BCUT2D eigenvalue weighted by Crippen LogP contribution is -2.41. The first-order chi connectivity index (χ1) is 7.28. The van der Waals surface area contributed by atoms with Crippen molar-refractivity contribution in [3.05, 3.63) is 35.4 Å². The summed E-state index contributed by atoms with van der Waals surface area (Å²) in [7, 11) is 1.78. The molecule has 0 aliphatic carbocycles. The van der Waals surface area contributed by atoms with Crippen LogP contribution in [0.3, 0.4) is 0 Å². The van der Waals surface area contributed by atoms with Gasteiger partial charge in [-0.3, -0.25) is 0 Å². The van der Waals surface area contributed by atoms with Gasteiger partial charge < -0.3 is 10.1 Å². The van der Waals surface area contributed by atoms with Crippen LogP contribution in [-0.4, -0.2) is 20.3 Å². The number of hydrogen-bond acceptors (Lipinski definition) is 2. The minimum absolute atomic E-state index is 0.0556. The average molecular weight is 205 g/mol. The Balaban J connectivity index is 2.36. The SMILES string of the molecule is COCC1(c2ccccc2C)CCCN1. The summed E-state index contributed by atoms with van der Waals surface area (Å²) in [5, 5.41) is 3.60. The molecular formula is C13H19NO. The Morgan fingerprint density at radius 2 is 2.20 bits per heavy atom. The van der Waals surface area contributed by atoms with E-state index in [1.54, 1.807) is 7.11 Å². The van der Waals surface area contributed by atoms with E-state index in [1.807, 2.05) is 0 Å². The molecule has 1 heterocycles. The van der Waals surface area contributed by atoms with Gasteiger partial charge in [0.2, 0.25) is 0 Å². The third-order valence-electron chi connectivity index (χ3n) is 3.30. The van der Waals surface area contributed by atoms with Gasteiger partial charge in [-0.15, -0.1) is 0 Å². The van der Waals surface area contributed by atoms with Gasteiger partial charge in [0.25, 0.3) is 0 Å². The summed E-state index contributed by atoms with van der Waals surface area (Å²) in [6.45, 7) is 4.03. The molecular weight excluding hydrogens is 186 g/mol. The molecule has 2 heteroatoms. The van der Waals surface area contributed by atoms with Gasteiger partial charge in [-0.2, -0.15) is 0 Å². The number of ether oxygens (including phenoxy) is 1. The van der Waals surface area contributed by atoms with Crippen molar-refractivity contribution in [1.29, 1.82) is 0 Å². The molecule has 1 aliphatic heterocycles. The first-order valence-corrected chi connectivity index (χ1v) is 5.58. The monoisotopic (exact) mass is 205 g/mol. The molecule has 1 aromatic rings. The maximum atomic E-state index is 5.38. The maximum Gasteiger partial charge on any atom is 0.0686 e. The lowest BCUT2D eigenvalue weighted by Gasteiger charge is -2.30. The van der Waals surface area contributed by atoms with Crippen LogP contribution in [0.1, 0.15) is 24.0 Å². The van der Waals surface area contributed by atoms with E-state index in [0.717, 1.165) is 13.2 Å². The van der Waals surface area contributed by atoms with Crippen molar-refractivity contribution in [2.24, 2.45) is 0 Å². The van der Waals surface area contributed by atoms with E-state index < -0.39 is 0 Å². The second kappa shape index (κ2) is 4.33. The van der Waals surface area contributed by atoms with Crippen molar-refractivity contribution in [3.63, 3.8) is 0 Å². The van der Waals surface area contributed by atoms with Crippen LogP contribution in [0.4, 0.5) is 0 Å². The fraction of sp³-hybridized carbons (Fsp3) is 0.538. The molecule has 0 saturated carbocycles. The van der Waals surface area contributed by atoms with Crippen LogP contribution < -0.4 is 5.32 Å². The third kappa shape index (κ3) is 1.92. The number of aryl methyl sites for hydroxylation is 1. The third-order valence-corrected chi connectivity index (χ3v) is 3.30. The van der Waals surface area contributed by atoms with Gasteiger partial charge in [0, 0.05) is 7.11 Å². The van der Waals surface area contributed by atoms with Crippen molar-refractivity contribution in [2.45, 2.75) is 25.3 Å². The Labute approximate surface area is 91.6 Å². The minimum atomic E-state index is 0.0556. The van der Waals surface area contributed by atoms with Gasteiger partial charge in [0.05, 0.1) is 12.1 Å². The number of methoxy groups -OCH3 is 1. The van der Waals surface area contributed by atoms with Crippen LogP contribution in [0.25, 0.3) is 0 Å². The van der Waals surface area contributed by atoms with Crippen LogP contribution in [0, 0.1) is 6.92 Å². The summed E-state index contributed by atoms with van der Waals surface area (Å²) in [4.78, 5) is 0. The second-order valence-corrected chi connectivity index (χ2v) is 4.36. The van der Waals surface area contributed by atoms with E-state index in [-0.39, 0.29) is 5.54 Å². The molecule has 0 spiro atoms. The highest BCUT2D eigenvalue weighted by Gasteiger charge is 2.35. The maximum absolute atomic E-state index is 5.38. The van der Waals surface area contributed by atoms with Gasteiger partial charge in [-0.25, -0.2) is 0 Å². The number of rotatable bonds is 3. The van der Waals surface area contributed by atoms with E-state index in [9.17, 15) is 0 Å². The molecule has 1 saturated heterocycles. The van der Waals surface area contributed by atoms with Crippen LogP contribution >= 0.6 is 0 Å². The lowest BCUT2D eigenvalue weighted by atomic mass is 9.86. The van der Waals surface area contributed by atoms with E-state index in [0.29, 0.717) is 0 Å². The van der Waals surface area contributed by atoms with Gasteiger partial charge in [-0.1, -0.05) is 24.3 Å². The van der Waals surface area contributed by atoms with E-state index in [1.165, 1.54) is 24.0 Å². The van der Waals surface area contributed by atoms with Crippen LogP contribution in [0.2, 0.25) is 0 Å². The topological polar surface area (TPSA) is 21.3 Å². The Kier molecular flexibility index (Phi) is 3.08. The Bertz CT molecular complexity index is 329. The molecule has 2 nitrogen and oxygen atoms in total. The number of benzene rings is 1. The zero-order valence-electron chi connectivity index (χ0n) is 9.55. The zero-order valence-corrected chi connectivity index (χ0v) is 9.55. The summed E-state index contributed by atoms with van der Waals surface area (Å²) in [5.41, 5.74) is 2.80. The molecule has 2 rings (SSSR count). The van der Waals surface area contributed by atoms with E-state index >= 15 is 0 Å². The Morgan fingerprint density at radius 1 is 1.40 bits per heavy atom. The van der Waals surface area contributed by atoms with E-state index in [2.05, 4.69) is 36.5 Å². The van der Waals surface area contributed by atoms with Crippen LogP contribution in [0.5, 0.6) is 0 Å². The molecule has 1 N–H and O–H groups in total. The van der Waals surface area contributed by atoms with Gasteiger partial charge in [-0.05, 0) is 37.4 Å². The number of nitrogens with one attached hydrogen (secondary N) is 1. The fourth-order valence-corrected chi connectivity index (χ4v) is 2.59. The molecule has 1 fully saturated rings. The van der Waals surface area contributed by atoms with Crippen molar-refractivity contribution >= 4 is 0 Å². The van der Waals surface area contributed by atoms with E-state index in [4.69, 9.17) is 4.74 Å². The summed E-state index contributed by atoms with van der Waals surface area (Å²) in [5.74, 6) is 0. The summed E-state index contributed by atoms with van der Waals surface area (Å²) in [6.07, 6.45) is 2.41. The quantitative estimate of drug-likeness (QED) is 0.817. The largest absolute Gasteiger partial charge is 0.382 e. The van der Waals surface area contributed by atoms with Gasteiger partial charge >= 0.3 is 0 Å². The molecule has 15 heavy (non-hydrogen) atoms. The second-order valence-electron chi connectivity index (χ2n) is 4.36. The molecule has 0 bridgehead atoms. The normalized spacial score (nSPS) is 25.7. The summed E-state index contributed by atoms with van der Waals surface area (Å²) >= 11 is 0. The summed E-state index contributed by atoms with van der Waals surface area (Å²) < 4.78 is 5.38. The smallest absolute Gasteiger partial charge is 0.0686 e. The standard InChI is InChI=1S/C13H19NO/c1-11-6-3-4-7-12(11)13(10-15-2)8-5-9-14-13/h3-4,6-7,14H,5,8-10H2,1-2H3. The molecule has 1 aromatic carbocycles. The molecule has 0 aromatic heterocycles. The molecule has 0 amide bonds. The molecule has 1 unspecified atom stereocenters. The molecule has 82 valence electrons. The predicted molar refractivity (Wildman–Crippen MR) is 62.0 cm³/mol. The minimum Gasteiger partial charge on any atom is -0.382 e. The summed E-state index contributed by atoms with van der Waals surface area (Å²) in [6, 6.07) is 8.59. The average Bonchev–Trinajstić information content (AvgIpc) is 2.69. The van der Waals surface area contributed by atoms with Crippen molar-refractivity contribution in [1.82, 2.24) is 5.32 Å². The molecule has 0 radical (unpaired) electrons. The highest BCUT2D eigenvalue weighted by molar-refractivity contribution is 5.33. The van der Waals surface area contributed by atoms with Gasteiger partial charge in [0.1, 0.15) is 0 Å². The molecule has 1 aliphatic rings. The Hall–Kier alpha value is -0.860. The first kappa shape index (κ1) is 10.7. The van der Waals surface area contributed by atoms with Crippen molar-refractivity contribution < 1.29 is 4.74 Å². The first-order valence-electron chi connectivity index (χ1n) is 5.58. The van der Waals surface area contributed by atoms with Gasteiger partial charge in [0.15, 0.2) is 0 Å². The highest BCUT2D eigenvalue weighted by Crippen LogP contribution is 2.32. The van der Waals surface area contributed by atoms with Crippen LogP contribution in [-0.2, 0) is 10.3 Å². The van der Waals surface area contributed by atoms with Crippen molar-refractivity contribution in [2.75, 3.05) is 20.3 Å². The highest BCUT2D eigenvalue weighted by atomic mass is 16.5. The molecule has 1 atom stereocenters. The fourth-order valence-electron chi connectivity index (χ4n) is 2.59. The number of hydrogen-bond donors (Lipinski definition) is 1. The van der Waals surface area contributed by atoms with Crippen LogP contribution in [0.15, 0.2) is 24.3 Å². The van der Waals surface area contributed by atoms with Crippen molar-refractivity contribution in [3.8, 4) is 0 Å². The lowest BCUT2D eigenvalue weighted by molar-refractivity contribution is 0.119. The zero-order chi connectivity index (χ0) is 10.7. The predicted octanol–water partition coefficient (Wildman–Crippen LogP) is 2.22.